The van der Waals surface area contributed by atoms with Crippen molar-refractivity contribution in [2.24, 2.45) is 4.99 Å². The van der Waals surface area contributed by atoms with Gasteiger partial charge in [-0.3, -0.25) is 14.7 Å². The number of amides is 1. The Kier molecular flexibility index (Phi) is 10.9. The average Bonchev–Trinajstić information content (AvgIpc) is 3.13. The Morgan fingerprint density at radius 3 is 2.52 bits per heavy atom. The number of carbonyl (C=O) groups excluding carboxylic acids is 1. The number of piperazine rings is 1. The molecule has 1 fully saturated rings. The number of rotatable bonds is 7. The molecule has 1 saturated heterocycles. The van der Waals surface area contributed by atoms with Crippen LogP contribution in [0.3, 0.4) is 0 Å². The van der Waals surface area contributed by atoms with E-state index in [1.165, 1.54) is 0 Å². The number of methoxy groups -OCH3 is 1. The Hall–Kier alpha value is -1.40. The highest BCUT2D eigenvalue weighted by molar-refractivity contribution is 14.0. The second-order valence-electron chi connectivity index (χ2n) is 7.87. The van der Waals surface area contributed by atoms with Crippen LogP contribution < -0.4 is 10.6 Å². The van der Waals surface area contributed by atoms with Gasteiger partial charge in [-0.2, -0.15) is 0 Å². The number of nitrogens with one attached hydrogen (secondary N) is 2. The lowest BCUT2D eigenvalue weighted by molar-refractivity contribution is -0.122. The summed E-state index contributed by atoms with van der Waals surface area (Å²) >= 11 is 0. The minimum Gasteiger partial charge on any atom is -0.443 e. The summed E-state index contributed by atoms with van der Waals surface area (Å²) in [6.07, 6.45) is 1.79. The summed E-state index contributed by atoms with van der Waals surface area (Å²) in [5.74, 6) is 2.38. The molecule has 1 amide bonds. The van der Waals surface area contributed by atoms with E-state index in [1.54, 1.807) is 20.4 Å². The summed E-state index contributed by atoms with van der Waals surface area (Å²) in [6, 6.07) is 0. The van der Waals surface area contributed by atoms with Gasteiger partial charge < -0.3 is 24.7 Å². The van der Waals surface area contributed by atoms with E-state index in [9.17, 15) is 4.79 Å². The van der Waals surface area contributed by atoms with Gasteiger partial charge in [-0.1, -0.05) is 20.8 Å². The van der Waals surface area contributed by atoms with Crippen molar-refractivity contribution in [2.45, 2.75) is 32.7 Å². The van der Waals surface area contributed by atoms with E-state index in [-0.39, 0.29) is 35.3 Å². The zero-order chi connectivity index (χ0) is 20.6. The highest BCUT2D eigenvalue weighted by Crippen LogP contribution is 2.22. The van der Waals surface area contributed by atoms with Crippen LogP contribution in [0.4, 0.5) is 0 Å². The number of guanidine groups is 1. The molecule has 29 heavy (non-hydrogen) atoms. The fourth-order valence-electron chi connectivity index (χ4n) is 2.89. The number of nitrogens with zero attached hydrogens (tertiary/aromatic N) is 4. The molecule has 0 spiro atoms. The van der Waals surface area contributed by atoms with Crippen molar-refractivity contribution in [1.29, 1.82) is 0 Å². The van der Waals surface area contributed by atoms with Gasteiger partial charge in [0.15, 0.2) is 5.96 Å². The topological polar surface area (TPSA) is 95.2 Å². The van der Waals surface area contributed by atoms with Crippen molar-refractivity contribution >= 4 is 35.8 Å². The maximum atomic E-state index is 11.9. The fourth-order valence-corrected chi connectivity index (χ4v) is 2.89. The Balaban J connectivity index is 0.00000420. The summed E-state index contributed by atoms with van der Waals surface area (Å²) in [4.78, 5) is 25.0. The molecule has 9 nitrogen and oxygen atoms in total. The summed E-state index contributed by atoms with van der Waals surface area (Å²) < 4.78 is 10.8. The summed E-state index contributed by atoms with van der Waals surface area (Å²) in [5.41, 5.74) is -0.0564. The van der Waals surface area contributed by atoms with E-state index < -0.39 is 0 Å². The SMILES string of the molecule is CN=C(NCc1ncc(C(C)(C)C)o1)N1CCN(CC(=O)NCCOC)CC1.I. The second kappa shape index (κ2) is 12.3. The molecule has 166 valence electrons. The highest BCUT2D eigenvalue weighted by atomic mass is 127. The van der Waals surface area contributed by atoms with Crippen LogP contribution in [0.1, 0.15) is 32.4 Å². The number of oxazole rings is 1. The van der Waals surface area contributed by atoms with Gasteiger partial charge in [-0.25, -0.2) is 4.98 Å². The quantitative estimate of drug-likeness (QED) is 0.239. The van der Waals surface area contributed by atoms with Gasteiger partial charge in [-0.15, -0.1) is 24.0 Å². The molecule has 2 heterocycles. The van der Waals surface area contributed by atoms with Crippen LogP contribution in [-0.2, 0) is 21.5 Å². The third-order valence-corrected chi connectivity index (χ3v) is 4.57. The maximum Gasteiger partial charge on any atom is 0.234 e. The van der Waals surface area contributed by atoms with E-state index in [2.05, 4.69) is 51.2 Å². The van der Waals surface area contributed by atoms with Crippen molar-refractivity contribution in [3.63, 3.8) is 0 Å². The lowest BCUT2D eigenvalue weighted by Crippen LogP contribution is -2.54. The molecule has 1 aliphatic heterocycles. The van der Waals surface area contributed by atoms with Gasteiger partial charge in [0.05, 0.1) is 25.9 Å². The molecule has 1 aromatic rings. The monoisotopic (exact) mass is 522 g/mol. The molecule has 0 saturated carbocycles. The maximum absolute atomic E-state index is 11.9. The van der Waals surface area contributed by atoms with Crippen LogP contribution in [0, 0.1) is 0 Å². The molecular weight excluding hydrogens is 487 g/mol. The first-order valence-electron chi connectivity index (χ1n) is 9.72. The van der Waals surface area contributed by atoms with Crippen molar-refractivity contribution < 1.29 is 13.9 Å². The van der Waals surface area contributed by atoms with Crippen LogP contribution in [0.5, 0.6) is 0 Å². The molecule has 0 bridgehead atoms. The number of aromatic nitrogens is 1. The first-order chi connectivity index (χ1) is 13.3. The van der Waals surface area contributed by atoms with Gasteiger partial charge >= 0.3 is 0 Å². The van der Waals surface area contributed by atoms with Gasteiger partial charge in [0.1, 0.15) is 5.76 Å². The molecule has 1 aromatic heterocycles. The zero-order valence-electron chi connectivity index (χ0n) is 18.2. The summed E-state index contributed by atoms with van der Waals surface area (Å²) in [6.45, 7) is 11.5. The smallest absolute Gasteiger partial charge is 0.234 e. The number of ether oxygens (including phenoxy) is 1. The van der Waals surface area contributed by atoms with Crippen LogP contribution in [-0.4, -0.2) is 86.7 Å². The first kappa shape index (κ1) is 25.6. The van der Waals surface area contributed by atoms with Gasteiger partial charge in [0.25, 0.3) is 0 Å². The third-order valence-electron chi connectivity index (χ3n) is 4.57. The van der Waals surface area contributed by atoms with Crippen molar-refractivity contribution in [3.05, 3.63) is 17.8 Å². The average molecular weight is 522 g/mol. The Labute approximate surface area is 190 Å². The van der Waals surface area contributed by atoms with E-state index in [1.807, 2.05) is 0 Å². The lowest BCUT2D eigenvalue weighted by Gasteiger charge is -2.36. The van der Waals surface area contributed by atoms with E-state index >= 15 is 0 Å². The van der Waals surface area contributed by atoms with Crippen LogP contribution in [0.25, 0.3) is 0 Å². The van der Waals surface area contributed by atoms with Crippen LogP contribution >= 0.6 is 24.0 Å². The third kappa shape index (κ3) is 8.47. The van der Waals surface area contributed by atoms with Crippen LogP contribution in [0.2, 0.25) is 0 Å². The number of aliphatic imine (C=N–C) groups is 1. The minimum atomic E-state index is -0.0564. The number of carbonyl (C=O) groups is 1. The second-order valence-corrected chi connectivity index (χ2v) is 7.87. The standard InChI is InChI=1S/C19H34N6O3.HI/c1-19(2,3)15-12-22-17(28-15)13-23-18(20-4)25-9-7-24(8-10-25)14-16(26)21-6-11-27-5;/h12H,6-11,13-14H2,1-5H3,(H,20,23)(H,21,26);1H. The molecular formula is C19H35IN6O3. The molecule has 0 aliphatic carbocycles. The number of halogens is 1. The molecule has 0 atom stereocenters. The van der Waals surface area contributed by atoms with E-state index in [0.717, 1.165) is 37.9 Å². The number of hydrogen-bond donors (Lipinski definition) is 2. The lowest BCUT2D eigenvalue weighted by atomic mass is 9.94. The molecule has 0 aromatic carbocycles. The van der Waals surface area contributed by atoms with E-state index in [0.29, 0.717) is 32.1 Å². The van der Waals surface area contributed by atoms with Crippen molar-refractivity contribution in [3.8, 4) is 0 Å². The Morgan fingerprint density at radius 2 is 1.97 bits per heavy atom. The minimum absolute atomic E-state index is 0. The molecule has 0 radical (unpaired) electrons. The predicted octanol–water partition coefficient (Wildman–Crippen LogP) is 1.05. The zero-order valence-corrected chi connectivity index (χ0v) is 20.5. The van der Waals surface area contributed by atoms with Gasteiger partial charge in [0, 0.05) is 52.3 Å². The molecule has 1 aliphatic rings. The Morgan fingerprint density at radius 1 is 1.28 bits per heavy atom. The van der Waals surface area contributed by atoms with Gasteiger partial charge in [0.2, 0.25) is 11.8 Å². The molecule has 0 unspecified atom stereocenters. The molecule has 2 rings (SSSR count). The molecule has 2 N–H and O–H groups in total. The highest BCUT2D eigenvalue weighted by Gasteiger charge is 2.22. The summed E-state index contributed by atoms with van der Waals surface area (Å²) in [5, 5.41) is 6.17. The predicted molar refractivity (Wildman–Crippen MR) is 124 cm³/mol. The summed E-state index contributed by atoms with van der Waals surface area (Å²) in [7, 11) is 3.39. The number of hydrogen-bond acceptors (Lipinski definition) is 6. The molecule has 10 heteroatoms. The first-order valence-corrected chi connectivity index (χ1v) is 9.72. The van der Waals surface area contributed by atoms with Gasteiger partial charge in [-0.05, 0) is 0 Å². The fraction of sp³-hybridized carbons (Fsp3) is 0.737. The van der Waals surface area contributed by atoms with Crippen molar-refractivity contribution in [2.75, 3.05) is 60.0 Å². The normalized spacial score (nSPS) is 15.8. The van der Waals surface area contributed by atoms with Crippen LogP contribution in [0.15, 0.2) is 15.6 Å². The van der Waals surface area contributed by atoms with E-state index in [4.69, 9.17) is 9.15 Å². The largest absolute Gasteiger partial charge is 0.443 e. The Bertz CT molecular complexity index is 651. The van der Waals surface area contributed by atoms with Crippen molar-refractivity contribution in [1.82, 2.24) is 25.4 Å².